The molecule has 184 valence electrons. The third-order valence-electron chi connectivity index (χ3n) is 4.63. The van der Waals surface area contributed by atoms with Gasteiger partial charge in [-0.2, -0.15) is 13.2 Å². The summed E-state index contributed by atoms with van der Waals surface area (Å²) in [7, 11) is 0. The third kappa shape index (κ3) is 7.31. The van der Waals surface area contributed by atoms with Crippen LogP contribution in [0.1, 0.15) is 5.56 Å². The van der Waals surface area contributed by atoms with Gasteiger partial charge in [0, 0.05) is 35.6 Å². The lowest BCUT2D eigenvalue weighted by atomic mass is 10.2. The molecule has 0 aromatic heterocycles. The topological polar surface area (TPSA) is 73.5 Å². The van der Waals surface area contributed by atoms with Gasteiger partial charge in [0.2, 0.25) is 0 Å². The lowest BCUT2D eigenvalue weighted by Gasteiger charge is -2.24. The Bertz CT molecular complexity index is 1210. The first-order valence-corrected chi connectivity index (χ1v) is 10.4. The molecule has 6 nitrogen and oxygen atoms in total. The maximum atomic E-state index is 13.7. The fraction of sp³-hybridized carbons (Fsp3) is 0.130. The maximum Gasteiger partial charge on any atom is 0.416 e. The van der Waals surface area contributed by atoms with Gasteiger partial charge in [-0.05, 0) is 54.6 Å². The average molecular weight is 513 g/mol. The second-order valence-electron chi connectivity index (χ2n) is 7.14. The van der Waals surface area contributed by atoms with Crippen molar-refractivity contribution in [1.82, 2.24) is 5.32 Å². The summed E-state index contributed by atoms with van der Waals surface area (Å²) in [6.07, 6.45) is -4.63. The number of anilines is 3. The number of hydrogen-bond donors (Lipinski definition) is 3. The highest BCUT2D eigenvalue weighted by Crippen LogP contribution is 2.32. The van der Waals surface area contributed by atoms with E-state index in [0.29, 0.717) is 16.8 Å². The molecule has 0 aliphatic rings. The molecule has 3 N–H and O–H groups in total. The highest BCUT2D eigenvalue weighted by Gasteiger charge is 2.31. The molecule has 0 aliphatic carbocycles. The van der Waals surface area contributed by atoms with Crippen LogP contribution in [0, 0.1) is 11.6 Å². The number of urea groups is 2. The van der Waals surface area contributed by atoms with Gasteiger partial charge in [0.25, 0.3) is 0 Å². The predicted molar refractivity (Wildman–Crippen MR) is 123 cm³/mol. The van der Waals surface area contributed by atoms with Crippen molar-refractivity contribution in [2.24, 2.45) is 0 Å². The van der Waals surface area contributed by atoms with E-state index in [0.717, 1.165) is 35.2 Å². The van der Waals surface area contributed by atoms with Crippen molar-refractivity contribution >= 4 is 40.7 Å². The van der Waals surface area contributed by atoms with Gasteiger partial charge < -0.3 is 16.0 Å². The Morgan fingerprint density at radius 3 is 2.29 bits per heavy atom. The van der Waals surface area contributed by atoms with Crippen LogP contribution in [-0.4, -0.2) is 25.2 Å². The van der Waals surface area contributed by atoms with E-state index in [1.165, 1.54) is 30.3 Å². The second-order valence-corrected chi connectivity index (χ2v) is 7.58. The standard InChI is InChI=1S/C23H18ClF5N4O2/c24-15-4-7-17(8-5-15)31-22(35)33(18-3-1-2-14(12-18)23(27,28)29)11-10-30-21(34)32-20-9-6-16(25)13-19(20)26/h1-9,12-13H,10-11H2,(H,31,35)(H2,30,32,34). The third-order valence-corrected chi connectivity index (χ3v) is 4.88. The Hall–Kier alpha value is -3.86. The summed E-state index contributed by atoms with van der Waals surface area (Å²) < 4.78 is 66.3. The number of amides is 4. The second kappa shape index (κ2) is 11.0. The van der Waals surface area contributed by atoms with Crippen molar-refractivity contribution in [3.63, 3.8) is 0 Å². The number of carbonyl (C=O) groups excluding carboxylic acids is 2. The zero-order valence-electron chi connectivity index (χ0n) is 17.8. The molecule has 0 unspecified atom stereocenters. The zero-order valence-corrected chi connectivity index (χ0v) is 18.6. The highest BCUT2D eigenvalue weighted by atomic mass is 35.5. The SMILES string of the molecule is O=C(NCCN(C(=O)Nc1ccc(Cl)cc1)c1cccc(C(F)(F)F)c1)Nc1ccc(F)cc1F. The van der Waals surface area contributed by atoms with Crippen LogP contribution in [-0.2, 0) is 6.18 Å². The van der Waals surface area contributed by atoms with Crippen LogP contribution in [0.2, 0.25) is 5.02 Å². The summed E-state index contributed by atoms with van der Waals surface area (Å²) in [4.78, 5) is 26.0. The Labute approximate surface area is 201 Å². The Kier molecular flexibility index (Phi) is 8.13. The van der Waals surface area contributed by atoms with Gasteiger partial charge in [0.05, 0.1) is 11.3 Å². The summed E-state index contributed by atoms with van der Waals surface area (Å²) in [5.74, 6) is -1.81. The molecule has 0 bridgehead atoms. The minimum atomic E-state index is -4.63. The molecule has 0 saturated heterocycles. The number of benzene rings is 3. The van der Waals surface area contributed by atoms with E-state index in [-0.39, 0.29) is 24.5 Å². The highest BCUT2D eigenvalue weighted by molar-refractivity contribution is 6.30. The van der Waals surface area contributed by atoms with Gasteiger partial charge in [-0.3, -0.25) is 4.90 Å². The molecule has 0 atom stereocenters. The molecule has 3 aromatic carbocycles. The van der Waals surface area contributed by atoms with Gasteiger partial charge in [-0.25, -0.2) is 18.4 Å². The maximum absolute atomic E-state index is 13.7. The molecule has 0 heterocycles. The number of hydrogen-bond acceptors (Lipinski definition) is 2. The van der Waals surface area contributed by atoms with E-state index < -0.39 is 35.4 Å². The van der Waals surface area contributed by atoms with E-state index >= 15 is 0 Å². The van der Waals surface area contributed by atoms with Crippen molar-refractivity contribution in [3.05, 3.63) is 89.0 Å². The number of nitrogens with one attached hydrogen (secondary N) is 3. The van der Waals surface area contributed by atoms with Crippen LogP contribution in [0.5, 0.6) is 0 Å². The van der Waals surface area contributed by atoms with Crippen LogP contribution in [0.25, 0.3) is 0 Å². The molecular weight excluding hydrogens is 495 g/mol. The normalized spacial score (nSPS) is 11.0. The average Bonchev–Trinajstić information content (AvgIpc) is 2.79. The minimum absolute atomic E-state index is 0.0712. The van der Waals surface area contributed by atoms with Gasteiger partial charge in [0.15, 0.2) is 0 Å². The van der Waals surface area contributed by atoms with E-state index in [1.54, 1.807) is 0 Å². The van der Waals surface area contributed by atoms with E-state index in [1.807, 2.05) is 0 Å². The van der Waals surface area contributed by atoms with Crippen molar-refractivity contribution in [2.75, 3.05) is 28.6 Å². The predicted octanol–water partition coefficient (Wildman–Crippen LogP) is 6.50. The summed E-state index contributed by atoms with van der Waals surface area (Å²) >= 11 is 5.82. The van der Waals surface area contributed by atoms with Crippen molar-refractivity contribution in [3.8, 4) is 0 Å². The van der Waals surface area contributed by atoms with Crippen molar-refractivity contribution in [2.45, 2.75) is 6.18 Å². The van der Waals surface area contributed by atoms with Crippen LogP contribution in [0.4, 0.5) is 48.6 Å². The van der Waals surface area contributed by atoms with Gasteiger partial charge in [-0.1, -0.05) is 17.7 Å². The monoisotopic (exact) mass is 512 g/mol. The largest absolute Gasteiger partial charge is 0.416 e. The molecule has 0 fully saturated rings. The number of halogens is 6. The van der Waals surface area contributed by atoms with E-state index in [4.69, 9.17) is 11.6 Å². The lowest BCUT2D eigenvalue weighted by Crippen LogP contribution is -2.42. The summed E-state index contributed by atoms with van der Waals surface area (Å²) in [5, 5.41) is 7.53. The summed E-state index contributed by atoms with van der Waals surface area (Å²) in [6.45, 7) is -0.445. The van der Waals surface area contributed by atoms with E-state index in [2.05, 4.69) is 16.0 Å². The zero-order chi connectivity index (χ0) is 25.6. The first-order valence-electron chi connectivity index (χ1n) is 10.0. The van der Waals surface area contributed by atoms with Crippen LogP contribution in [0.3, 0.4) is 0 Å². The Balaban J connectivity index is 1.73. The lowest BCUT2D eigenvalue weighted by molar-refractivity contribution is -0.137. The first kappa shape index (κ1) is 25.8. The van der Waals surface area contributed by atoms with Gasteiger partial charge >= 0.3 is 18.2 Å². The van der Waals surface area contributed by atoms with Crippen LogP contribution >= 0.6 is 11.6 Å². The Morgan fingerprint density at radius 2 is 1.63 bits per heavy atom. The molecule has 3 rings (SSSR count). The number of nitrogens with zero attached hydrogens (tertiary/aromatic N) is 1. The number of carbonyl (C=O) groups is 2. The molecule has 0 aliphatic heterocycles. The molecule has 0 radical (unpaired) electrons. The first-order chi connectivity index (χ1) is 16.5. The number of alkyl halides is 3. The molecule has 0 spiro atoms. The van der Waals surface area contributed by atoms with Crippen molar-refractivity contribution in [1.29, 1.82) is 0 Å². The molecular formula is C23H18ClF5N4O2. The van der Waals surface area contributed by atoms with Crippen molar-refractivity contribution < 1.29 is 31.5 Å². The fourth-order valence-corrected chi connectivity index (χ4v) is 3.09. The summed E-state index contributed by atoms with van der Waals surface area (Å²) in [5.41, 5.74) is -0.970. The molecule has 0 saturated carbocycles. The van der Waals surface area contributed by atoms with Crippen LogP contribution in [0.15, 0.2) is 66.7 Å². The minimum Gasteiger partial charge on any atom is -0.336 e. The fourth-order valence-electron chi connectivity index (χ4n) is 2.96. The molecule has 35 heavy (non-hydrogen) atoms. The molecule has 12 heteroatoms. The number of rotatable bonds is 6. The quantitative estimate of drug-likeness (QED) is 0.330. The summed E-state index contributed by atoms with van der Waals surface area (Å²) in [6, 6.07) is 11.1. The van der Waals surface area contributed by atoms with Crippen LogP contribution < -0.4 is 20.9 Å². The molecule has 4 amide bonds. The van der Waals surface area contributed by atoms with Gasteiger partial charge in [-0.15, -0.1) is 0 Å². The van der Waals surface area contributed by atoms with Gasteiger partial charge in [0.1, 0.15) is 11.6 Å². The Morgan fingerprint density at radius 1 is 0.914 bits per heavy atom. The van der Waals surface area contributed by atoms with E-state index in [9.17, 15) is 31.5 Å². The molecule has 3 aromatic rings. The smallest absolute Gasteiger partial charge is 0.336 e.